The normalized spacial score (nSPS) is 14.0. The average Bonchev–Trinajstić information content (AvgIpc) is 0.967. The first-order chi connectivity index (χ1) is 54.7. The number of hydrogen-bond acceptors (Lipinski definition) is 27. The molecule has 0 rings (SSSR count). The van der Waals surface area contributed by atoms with Gasteiger partial charge in [0.25, 0.3) is 0 Å². The Balaban J connectivity index is -0.000000136. The van der Waals surface area contributed by atoms with Crippen LogP contribution in [0.25, 0.3) is 0 Å². The topological polar surface area (TPSA) is 326 Å². The van der Waals surface area contributed by atoms with Crippen molar-refractivity contribution in [2.75, 3.05) is 259 Å². The van der Waals surface area contributed by atoms with Gasteiger partial charge in [0.05, 0.1) is 182 Å². The third-order valence-electron chi connectivity index (χ3n) is 17.7. The van der Waals surface area contributed by atoms with E-state index in [0.29, 0.717) is 142 Å². The summed E-state index contributed by atoms with van der Waals surface area (Å²) in [7, 11) is 27.5. The molecular weight excluding hydrogens is 1500 g/mol. The molecule has 0 aliphatic carbocycles. The lowest BCUT2D eigenvalue weighted by molar-refractivity contribution is -0.0726. The molecule has 0 bridgehead atoms. The molecule has 0 spiro atoms. The second-order valence-electron chi connectivity index (χ2n) is 33.2. The van der Waals surface area contributed by atoms with Gasteiger partial charge in [-0.15, -0.1) is 0 Å². The van der Waals surface area contributed by atoms with Crippen LogP contribution in [0.3, 0.4) is 0 Å². The van der Waals surface area contributed by atoms with Crippen molar-refractivity contribution in [3.05, 3.63) is 0 Å². The van der Waals surface area contributed by atoms with E-state index < -0.39 is 24.4 Å². The fourth-order valence-corrected chi connectivity index (χ4v) is 9.93. The Morgan fingerprint density at radius 1 is 0.198 bits per heavy atom. The number of aliphatic hydroxyl groups is 7. The molecule has 0 fully saturated rings. The Labute approximate surface area is 714 Å². The average molecular weight is 1700 g/mol. The van der Waals surface area contributed by atoms with E-state index in [1.54, 1.807) is 114 Å². The Morgan fingerprint density at radius 3 is 0.517 bits per heavy atom. The highest BCUT2D eigenvalue weighted by molar-refractivity contribution is 4.68. The fourth-order valence-electron chi connectivity index (χ4n) is 9.93. The maximum absolute atomic E-state index is 9.45. The molecule has 0 amide bonds. The Kier molecular flexibility index (Phi) is 120. The lowest BCUT2D eigenvalue weighted by atomic mass is 9.98. The van der Waals surface area contributed by atoms with Gasteiger partial charge in [0.2, 0.25) is 0 Å². The maximum atomic E-state index is 9.45. The minimum Gasteiger partial charge on any atom is -0.394 e. The van der Waals surface area contributed by atoms with Crippen LogP contribution in [-0.4, -0.2) is 350 Å². The van der Waals surface area contributed by atoms with Crippen LogP contribution in [0.5, 0.6) is 0 Å². The van der Waals surface area contributed by atoms with E-state index in [9.17, 15) is 5.11 Å². The zero-order chi connectivity index (χ0) is 91.8. The van der Waals surface area contributed by atoms with Crippen LogP contribution < -0.4 is 0 Å². The van der Waals surface area contributed by atoms with Crippen LogP contribution in [0.2, 0.25) is 0 Å². The second-order valence-corrected chi connectivity index (χ2v) is 33.2. The van der Waals surface area contributed by atoms with Gasteiger partial charge >= 0.3 is 0 Å². The van der Waals surface area contributed by atoms with E-state index in [1.807, 2.05) is 20.8 Å². The quantitative estimate of drug-likeness (QED) is 0.0297. The number of ether oxygens (including phenoxy) is 20. The molecule has 0 aliphatic heterocycles. The van der Waals surface area contributed by atoms with E-state index >= 15 is 0 Å². The lowest BCUT2D eigenvalue weighted by Crippen LogP contribution is -2.29. The summed E-state index contributed by atoms with van der Waals surface area (Å²) in [4.78, 5) is 0. The fraction of sp³-hybridized carbons (Fsp3) is 1.00. The van der Waals surface area contributed by atoms with Crippen molar-refractivity contribution in [3.63, 3.8) is 0 Å². The Hall–Kier alpha value is -1.08. The van der Waals surface area contributed by atoms with Crippen molar-refractivity contribution in [3.8, 4) is 0 Å². The van der Waals surface area contributed by atoms with Crippen molar-refractivity contribution in [2.45, 2.75) is 239 Å². The first kappa shape index (κ1) is 135. The van der Waals surface area contributed by atoms with Crippen LogP contribution in [0.4, 0.5) is 0 Å². The van der Waals surface area contributed by atoms with Gasteiger partial charge in [0.15, 0.2) is 0 Å². The molecule has 27 heteroatoms. The zero-order valence-corrected chi connectivity index (χ0v) is 82.0. The molecular formula is C89H198O27. The largest absolute Gasteiger partial charge is 0.394 e. The third-order valence-corrected chi connectivity index (χ3v) is 17.7. The number of rotatable bonds is 62. The lowest BCUT2D eigenvalue weighted by Gasteiger charge is -2.22. The predicted molar refractivity (Wildman–Crippen MR) is 472 cm³/mol. The Morgan fingerprint density at radius 2 is 0.371 bits per heavy atom. The molecule has 9 atom stereocenters. The highest BCUT2D eigenvalue weighted by atomic mass is 16.6. The van der Waals surface area contributed by atoms with Gasteiger partial charge in [-0.3, -0.25) is 0 Å². The zero-order valence-electron chi connectivity index (χ0n) is 82.0. The van der Waals surface area contributed by atoms with Gasteiger partial charge in [-0.25, -0.2) is 0 Å². The van der Waals surface area contributed by atoms with Crippen LogP contribution in [0.15, 0.2) is 0 Å². The Bertz CT molecular complexity index is 1530. The minimum atomic E-state index is -0.852. The number of methoxy groups -OCH3 is 16. The molecule has 0 aliphatic rings. The van der Waals surface area contributed by atoms with Gasteiger partial charge in [0.1, 0.15) is 18.3 Å². The summed E-state index contributed by atoms with van der Waals surface area (Å²) in [5.41, 5.74) is 0. The molecule has 0 aromatic rings. The summed E-state index contributed by atoms with van der Waals surface area (Å²) in [5.74, 6) is 8.37. The van der Waals surface area contributed by atoms with E-state index in [0.717, 1.165) is 85.0 Å². The summed E-state index contributed by atoms with van der Waals surface area (Å²) in [6, 6.07) is 0. The molecule has 0 radical (unpaired) electrons. The highest BCUT2D eigenvalue weighted by Crippen LogP contribution is 2.17. The molecule has 7 N–H and O–H groups in total. The van der Waals surface area contributed by atoms with Gasteiger partial charge in [-0.2, -0.15) is 0 Å². The first-order valence-electron chi connectivity index (χ1n) is 42.6. The SMILES string of the molecule is CC(C)C(COCC(O)CO)COCC(O)CO.CCC(O)COC(COCC(O)CO)CC(C)C.COCC(CC(C)C)OC.COCC(CC(C)C)OC.COCC(CC(C)C)OC.COCC(CC(C)C)OC.COCC(COC)C(C)C.COCC(COC)C(C)C.COCC(COC)C(C)C.COCC(COC)C(C)C. The van der Waals surface area contributed by atoms with Gasteiger partial charge in [-0.1, -0.05) is 145 Å². The van der Waals surface area contributed by atoms with E-state index in [2.05, 4.69) is 125 Å². The standard InChI is InChI=1S/C13H28O5.C12H26O6.8C8H18O2/c1-4-11(15)8-18-13(5-10(2)3)9-17-7-12(16)6-14;1-9(2)10(5-17-7-11(15)3-13)6-18-8-12(16)4-14;4*1-7(2)8(5-9-3)6-10-4;4*1-7(2)5-8(10-4)6-9-3/h10-16H,4-9H2,1-3H3;9-16H,3-8H2,1-2H3;8*7-8H,5-6H2,1-4H3. The van der Waals surface area contributed by atoms with Crippen LogP contribution in [0.1, 0.15) is 184 Å². The second kappa shape index (κ2) is 103. The number of hydrogen-bond donors (Lipinski definition) is 7. The molecule has 0 saturated carbocycles. The van der Waals surface area contributed by atoms with Gasteiger partial charge in [-0.05, 0) is 97.7 Å². The van der Waals surface area contributed by atoms with E-state index in [1.165, 1.54) is 0 Å². The molecule has 0 aromatic heterocycles. The van der Waals surface area contributed by atoms with Crippen LogP contribution in [-0.2, 0) is 94.7 Å². The molecule has 0 saturated heterocycles. The molecule has 27 nitrogen and oxygen atoms in total. The van der Waals surface area contributed by atoms with Crippen molar-refractivity contribution < 1.29 is 130 Å². The number of aliphatic hydroxyl groups excluding tert-OH is 7. The summed E-state index contributed by atoms with van der Waals surface area (Å²) in [5, 5.41) is 62.8. The van der Waals surface area contributed by atoms with E-state index in [-0.39, 0.29) is 76.1 Å². The van der Waals surface area contributed by atoms with Gasteiger partial charge in [0, 0.05) is 143 Å². The predicted octanol–water partition coefficient (Wildman–Crippen LogP) is 12.5. The molecule has 116 heavy (non-hydrogen) atoms. The summed E-state index contributed by atoms with van der Waals surface area (Å²) in [6.07, 6.45) is 3.80. The van der Waals surface area contributed by atoms with Gasteiger partial charge < -0.3 is 130 Å². The minimum absolute atomic E-state index is 0.0860. The van der Waals surface area contributed by atoms with Crippen LogP contribution >= 0.6 is 0 Å². The monoisotopic (exact) mass is 1700 g/mol. The molecule has 9 unspecified atom stereocenters. The molecule has 716 valence electrons. The van der Waals surface area contributed by atoms with Crippen molar-refractivity contribution in [1.82, 2.24) is 0 Å². The molecule has 0 aromatic carbocycles. The first-order valence-corrected chi connectivity index (χ1v) is 42.6. The van der Waals surface area contributed by atoms with Crippen molar-refractivity contribution >= 4 is 0 Å². The van der Waals surface area contributed by atoms with E-state index in [4.69, 9.17) is 125 Å². The third kappa shape index (κ3) is 109. The maximum Gasteiger partial charge on any atom is 0.100 e. The van der Waals surface area contributed by atoms with Crippen molar-refractivity contribution in [2.24, 2.45) is 88.8 Å². The smallest absolute Gasteiger partial charge is 0.100 e. The van der Waals surface area contributed by atoms with Crippen molar-refractivity contribution in [1.29, 1.82) is 0 Å². The summed E-state index contributed by atoms with van der Waals surface area (Å²) in [6.45, 7) is 55.1. The van der Waals surface area contributed by atoms with Crippen LogP contribution in [0, 0.1) is 88.8 Å². The highest BCUT2D eigenvalue weighted by Gasteiger charge is 2.20. The summed E-state index contributed by atoms with van der Waals surface area (Å²) >= 11 is 0. The molecule has 0 heterocycles. The summed E-state index contributed by atoms with van der Waals surface area (Å²) < 4.78 is 102.